The second-order valence-corrected chi connectivity index (χ2v) is 6.81. The molecule has 2 heterocycles. The lowest BCUT2D eigenvalue weighted by atomic mass is 9.93. The van der Waals surface area contributed by atoms with Crippen molar-refractivity contribution in [1.29, 1.82) is 0 Å². The van der Waals surface area contributed by atoms with Crippen LogP contribution in [0.3, 0.4) is 0 Å². The number of rotatable bonds is 3. The molecule has 0 aromatic carbocycles. The molecule has 2 atom stereocenters. The average Bonchev–Trinajstić information content (AvgIpc) is 2.81. The maximum atomic E-state index is 6.15. The summed E-state index contributed by atoms with van der Waals surface area (Å²) in [5.41, 5.74) is 2.69. The predicted octanol–water partition coefficient (Wildman–Crippen LogP) is 4.52. The minimum atomic E-state index is 0.331. The Morgan fingerprint density at radius 3 is 3.00 bits per heavy atom. The second kappa shape index (κ2) is 5.61. The quantitative estimate of drug-likeness (QED) is 0.899. The molecule has 0 fully saturated rings. The summed E-state index contributed by atoms with van der Waals surface area (Å²) in [6, 6.07) is 7.04. The summed E-state index contributed by atoms with van der Waals surface area (Å²) >= 11 is 7.88. The molecule has 0 bridgehead atoms. The first-order valence-electron chi connectivity index (χ1n) is 6.68. The molecule has 0 spiro atoms. The number of aromatic nitrogens is 1. The molecule has 1 N–H and O–H groups in total. The molecule has 4 heteroatoms. The predicted molar refractivity (Wildman–Crippen MR) is 80.8 cm³/mol. The van der Waals surface area contributed by atoms with Crippen molar-refractivity contribution < 1.29 is 0 Å². The van der Waals surface area contributed by atoms with Gasteiger partial charge in [-0.15, -0.1) is 11.3 Å². The lowest BCUT2D eigenvalue weighted by Gasteiger charge is -2.27. The Morgan fingerprint density at radius 1 is 1.42 bits per heavy atom. The number of hydrogen-bond donors (Lipinski definition) is 1. The first-order valence-corrected chi connectivity index (χ1v) is 7.87. The maximum Gasteiger partial charge on any atom is 0.0934 e. The third-order valence-corrected chi connectivity index (χ3v) is 5.08. The molecule has 0 saturated carbocycles. The number of fused-ring (bicyclic) bond motifs is 1. The van der Waals surface area contributed by atoms with Gasteiger partial charge >= 0.3 is 0 Å². The van der Waals surface area contributed by atoms with Gasteiger partial charge in [0.1, 0.15) is 0 Å². The van der Waals surface area contributed by atoms with E-state index < -0.39 is 0 Å². The summed E-state index contributed by atoms with van der Waals surface area (Å²) in [6.07, 6.45) is 7.30. The van der Waals surface area contributed by atoms with Gasteiger partial charge in [-0.1, -0.05) is 11.6 Å². The van der Waals surface area contributed by atoms with E-state index in [1.54, 1.807) is 11.3 Å². The number of aryl methyl sites for hydroxylation is 1. The van der Waals surface area contributed by atoms with E-state index in [1.165, 1.54) is 35.3 Å². The van der Waals surface area contributed by atoms with Gasteiger partial charge in [-0.2, -0.15) is 0 Å². The highest BCUT2D eigenvalue weighted by molar-refractivity contribution is 7.16. The lowest BCUT2D eigenvalue weighted by molar-refractivity contribution is 0.418. The number of halogens is 1. The van der Waals surface area contributed by atoms with Crippen LogP contribution in [0.2, 0.25) is 4.34 Å². The van der Waals surface area contributed by atoms with Crippen LogP contribution in [0.5, 0.6) is 0 Å². The van der Waals surface area contributed by atoms with Gasteiger partial charge in [-0.25, -0.2) is 0 Å². The van der Waals surface area contributed by atoms with Crippen LogP contribution in [0.25, 0.3) is 0 Å². The molecule has 2 aromatic rings. The standard InChI is InChI=1S/C15H17ClN2S/c1-10(11-5-7-17-8-6-11)18-13-3-2-4-14-12(13)9-15(16)19-14/h5-10,13,18H,2-4H2,1H3/t10-,13?/m0/s1. The zero-order chi connectivity index (χ0) is 13.2. The minimum absolute atomic E-state index is 0.331. The Hall–Kier alpha value is -0.900. The zero-order valence-electron chi connectivity index (χ0n) is 10.9. The Morgan fingerprint density at radius 2 is 2.21 bits per heavy atom. The molecule has 2 nitrogen and oxygen atoms in total. The van der Waals surface area contributed by atoms with Gasteiger partial charge in [-0.3, -0.25) is 4.98 Å². The van der Waals surface area contributed by atoms with Gasteiger partial charge in [-0.05, 0) is 55.5 Å². The molecule has 3 rings (SSSR count). The van der Waals surface area contributed by atoms with Gasteiger partial charge < -0.3 is 5.32 Å². The average molecular weight is 293 g/mol. The van der Waals surface area contributed by atoms with Crippen LogP contribution in [-0.4, -0.2) is 4.98 Å². The van der Waals surface area contributed by atoms with Gasteiger partial charge in [0.2, 0.25) is 0 Å². The number of nitrogens with zero attached hydrogens (tertiary/aromatic N) is 1. The molecule has 2 aromatic heterocycles. The Labute approximate surface area is 122 Å². The molecule has 1 aliphatic carbocycles. The lowest BCUT2D eigenvalue weighted by Crippen LogP contribution is -2.27. The summed E-state index contributed by atoms with van der Waals surface area (Å²) in [5, 5.41) is 3.72. The summed E-state index contributed by atoms with van der Waals surface area (Å²) in [6.45, 7) is 2.21. The van der Waals surface area contributed by atoms with E-state index in [2.05, 4.69) is 35.4 Å². The zero-order valence-corrected chi connectivity index (χ0v) is 12.5. The van der Waals surface area contributed by atoms with Gasteiger partial charge in [0, 0.05) is 29.4 Å². The Kier molecular flexibility index (Phi) is 3.87. The van der Waals surface area contributed by atoms with Crippen molar-refractivity contribution >= 4 is 22.9 Å². The van der Waals surface area contributed by atoms with Crippen LogP contribution >= 0.6 is 22.9 Å². The van der Waals surface area contributed by atoms with Crippen molar-refractivity contribution in [2.24, 2.45) is 0 Å². The molecule has 0 aliphatic heterocycles. The van der Waals surface area contributed by atoms with E-state index in [4.69, 9.17) is 11.6 Å². The molecule has 0 saturated heterocycles. The van der Waals surface area contributed by atoms with Crippen LogP contribution in [0.4, 0.5) is 0 Å². The molecule has 1 aliphatic rings. The highest BCUT2D eigenvalue weighted by atomic mass is 35.5. The summed E-state index contributed by atoms with van der Waals surface area (Å²) < 4.78 is 0.912. The third kappa shape index (κ3) is 2.83. The molecule has 0 amide bonds. The fourth-order valence-corrected chi connectivity index (χ4v) is 4.13. The smallest absolute Gasteiger partial charge is 0.0934 e. The van der Waals surface area contributed by atoms with E-state index in [-0.39, 0.29) is 0 Å². The van der Waals surface area contributed by atoms with E-state index in [9.17, 15) is 0 Å². The van der Waals surface area contributed by atoms with Crippen molar-refractivity contribution in [1.82, 2.24) is 10.3 Å². The molecule has 0 radical (unpaired) electrons. The number of hydrogen-bond acceptors (Lipinski definition) is 3. The van der Waals surface area contributed by atoms with Gasteiger partial charge in [0.15, 0.2) is 0 Å². The van der Waals surface area contributed by atoms with Gasteiger partial charge in [0.05, 0.1) is 4.34 Å². The van der Waals surface area contributed by atoms with Crippen LogP contribution in [0, 0.1) is 0 Å². The van der Waals surface area contributed by atoms with E-state index in [1.807, 2.05) is 12.4 Å². The number of pyridine rings is 1. The van der Waals surface area contributed by atoms with E-state index >= 15 is 0 Å². The first-order chi connectivity index (χ1) is 9.24. The van der Waals surface area contributed by atoms with E-state index in [0.717, 1.165) is 4.34 Å². The summed E-state index contributed by atoms with van der Waals surface area (Å²) in [4.78, 5) is 5.52. The number of thiophene rings is 1. The highest BCUT2D eigenvalue weighted by Gasteiger charge is 2.24. The van der Waals surface area contributed by atoms with Crippen molar-refractivity contribution in [2.45, 2.75) is 38.3 Å². The van der Waals surface area contributed by atoms with Crippen molar-refractivity contribution in [3.8, 4) is 0 Å². The first kappa shape index (κ1) is 13.1. The minimum Gasteiger partial charge on any atom is -0.303 e. The highest BCUT2D eigenvalue weighted by Crippen LogP contribution is 2.38. The topological polar surface area (TPSA) is 24.9 Å². The largest absolute Gasteiger partial charge is 0.303 e. The second-order valence-electron chi connectivity index (χ2n) is 5.04. The van der Waals surface area contributed by atoms with Crippen LogP contribution in [-0.2, 0) is 6.42 Å². The fourth-order valence-electron chi connectivity index (χ4n) is 2.74. The maximum absolute atomic E-state index is 6.15. The molecular weight excluding hydrogens is 276 g/mol. The van der Waals surface area contributed by atoms with Crippen molar-refractivity contribution in [2.75, 3.05) is 0 Å². The Bertz CT molecular complexity index is 553. The SMILES string of the molecule is C[C@H](NC1CCCc2sc(Cl)cc21)c1ccncc1. The fraction of sp³-hybridized carbons (Fsp3) is 0.400. The van der Waals surface area contributed by atoms with Crippen molar-refractivity contribution in [3.05, 3.63) is 50.9 Å². The number of nitrogens with one attached hydrogen (secondary N) is 1. The molecule has 19 heavy (non-hydrogen) atoms. The van der Waals surface area contributed by atoms with E-state index in [0.29, 0.717) is 12.1 Å². The van der Waals surface area contributed by atoms with Crippen LogP contribution in [0.1, 0.15) is 47.9 Å². The normalized spacial score (nSPS) is 20.0. The van der Waals surface area contributed by atoms with Crippen LogP contribution in [0.15, 0.2) is 30.6 Å². The summed E-state index contributed by atoms with van der Waals surface area (Å²) in [7, 11) is 0. The van der Waals surface area contributed by atoms with Crippen LogP contribution < -0.4 is 5.32 Å². The third-order valence-electron chi connectivity index (χ3n) is 3.74. The molecular formula is C15H17ClN2S. The molecule has 1 unspecified atom stereocenters. The summed E-state index contributed by atoms with van der Waals surface area (Å²) in [5.74, 6) is 0. The monoisotopic (exact) mass is 292 g/mol. The molecule has 100 valence electrons. The van der Waals surface area contributed by atoms with Crippen molar-refractivity contribution in [3.63, 3.8) is 0 Å². The van der Waals surface area contributed by atoms with Gasteiger partial charge in [0.25, 0.3) is 0 Å². The Balaban J connectivity index is 1.77.